The maximum absolute atomic E-state index is 14.6. The fourth-order valence-corrected chi connectivity index (χ4v) is 4.39. The second kappa shape index (κ2) is 7.86. The molecule has 0 saturated heterocycles. The summed E-state index contributed by atoms with van der Waals surface area (Å²) in [7, 11) is 0. The highest BCUT2D eigenvalue weighted by atomic mass is 35.5. The molecular formula is C25H27ClFNO3. The lowest BCUT2D eigenvalue weighted by Crippen LogP contribution is -2.39. The standard InChI is InChI=1S/C25H27ClFNO3/c1-24(2,3)31-23(29)28-12-10-16(11-13-28)18-6-5-7-22-19(18)15-25(4,30-22)20-9-8-17(26)14-21(20)27/h5-10,14H,11-13,15H2,1-4H3/t25-/m1/s1. The quantitative estimate of drug-likeness (QED) is 0.542. The minimum absolute atomic E-state index is 0.296. The van der Waals surface area contributed by atoms with E-state index in [-0.39, 0.29) is 11.9 Å². The van der Waals surface area contributed by atoms with Crippen LogP contribution in [0.4, 0.5) is 9.18 Å². The zero-order valence-corrected chi connectivity index (χ0v) is 19.1. The van der Waals surface area contributed by atoms with Crippen LogP contribution in [-0.2, 0) is 16.8 Å². The van der Waals surface area contributed by atoms with Gasteiger partial charge in [0, 0.05) is 35.7 Å². The Labute approximate surface area is 187 Å². The van der Waals surface area contributed by atoms with E-state index < -0.39 is 11.2 Å². The molecule has 2 heterocycles. The average molecular weight is 444 g/mol. The molecule has 6 heteroatoms. The van der Waals surface area contributed by atoms with E-state index in [1.807, 2.05) is 39.8 Å². The maximum Gasteiger partial charge on any atom is 0.410 e. The van der Waals surface area contributed by atoms with Gasteiger partial charge < -0.3 is 14.4 Å². The van der Waals surface area contributed by atoms with Gasteiger partial charge in [-0.05, 0) is 63.5 Å². The number of halogens is 2. The van der Waals surface area contributed by atoms with Gasteiger partial charge in [-0.25, -0.2) is 9.18 Å². The molecule has 2 aromatic rings. The summed E-state index contributed by atoms with van der Waals surface area (Å²) >= 11 is 5.93. The van der Waals surface area contributed by atoms with Crippen molar-refractivity contribution in [3.05, 3.63) is 70.0 Å². The van der Waals surface area contributed by atoms with Crippen LogP contribution in [0.1, 0.15) is 50.8 Å². The Morgan fingerprint density at radius 3 is 2.68 bits per heavy atom. The molecule has 0 aliphatic carbocycles. The minimum atomic E-state index is -0.801. The van der Waals surface area contributed by atoms with Gasteiger partial charge in [0.25, 0.3) is 0 Å². The molecule has 0 fully saturated rings. The molecule has 31 heavy (non-hydrogen) atoms. The first-order valence-electron chi connectivity index (χ1n) is 10.5. The first kappa shape index (κ1) is 21.7. The van der Waals surface area contributed by atoms with Crippen LogP contribution in [-0.4, -0.2) is 29.7 Å². The molecule has 0 aromatic heterocycles. The zero-order valence-electron chi connectivity index (χ0n) is 18.3. The molecule has 1 atom stereocenters. The first-order valence-corrected chi connectivity index (χ1v) is 10.9. The van der Waals surface area contributed by atoms with Gasteiger partial charge in [0.05, 0.1) is 0 Å². The molecule has 0 spiro atoms. The Kier molecular flexibility index (Phi) is 5.50. The summed E-state index contributed by atoms with van der Waals surface area (Å²) in [5, 5.41) is 0.364. The highest BCUT2D eigenvalue weighted by molar-refractivity contribution is 6.30. The van der Waals surface area contributed by atoms with Crippen LogP contribution in [0.25, 0.3) is 5.57 Å². The van der Waals surface area contributed by atoms with Crippen LogP contribution in [0.5, 0.6) is 5.75 Å². The third kappa shape index (κ3) is 4.42. The summed E-state index contributed by atoms with van der Waals surface area (Å²) < 4.78 is 26.4. The number of hydrogen-bond donors (Lipinski definition) is 0. The molecule has 2 aromatic carbocycles. The second-order valence-electron chi connectivity index (χ2n) is 9.32. The molecule has 0 saturated carbocycles. The summed E-state index contributed by atoms with van der Waals surface area (Å²) in [5.74, 6) is 0.402. The maximum atomic E-state index is 14.6. The van der Waals surface area contributed by atoms with E-state index in [0.717, 1.165) is 23.3 Å². The van der Waals surface area contributed by atoms with Crippen molar-refractivity contribution >= 4 is 23.3 Å². The van der Waals surface area contributed by atoms with Gasteiger partial charge >= 0.3 is 6.09 Å². The number of amides is 1. The van der Waals surface area contributed by atoms with Crippen molar-refractivity contribution in [3.8, 4) is 5.75 Å². The van der Waals surface area contributed by atoms with Gasteiger partial charge in [-0.15, -0.1) is 0 Å². The van der Waals surface area contributed by atoms with Crippen molar-refractivity contribution in [1.82, 2.24) is 4.90 Å². The normalized spacial score (nSPS) is 20.7. The van der Waals surface area contributed by atoms with Crippen LogP contribution in [0, 0.1) is 5.82 Å². The molecule has 2 aliphatic heterocycles. The average Bonchev–Trinajstić information content (AvgIpc) is 3.03. The van der Waals surface area contributed by atoms with Crippen molar-refractivity contribution in [2.24, 2.45) is 0 Å². The smallest absolute Gasteiger partial charge is 0.410 e. The SMILES string of the molecule is CC(C)(C)OC(=O)N1CC=C(c2cccc3c2C[C@](C)(c2ccc(Cl)cc2F)O3)CC1. The van der Waals surface area contributed by atoms with E-state index in [1.165, 1.54) is 11.6 Å². The predicted octanol–water partition coefficient (Wildman–Crippen LogP) is 6.35. The van der Waals surface area contributed by atoms with Crippen molar-refractivity contribution in [2.75, 3.05) is 13.1 Å². The van der Waals surface area contributed by atoms with E-state index in [2.05, 4.69) is 12.1 Å². The molecule has 4 rings (SSSR count). The van der Waals surface area contributed by atoms with E-state index >= 15 is 0 Å². The number of carbonyl (C=O) groups excluding carboxylic acids is 1. The van der Waals surface area contributed by atoms with Crippen LogP contribution in [0.3, 0.4) is 0 Å². The number of rotatable bonds is 2. The van der Waals surface area contributed by atoms with Gasteiger partial charge in [0.15, 0.2) is 0 Å². The Bertz CT molecular complexity index is 1060. The summed E-state index contributed by atoms with van der Waals surface area (Å²) in [4.78, 5) is 14.1. The number of fused-ring (bicyclic) bond motifs is 1. The van der Waals surface area contributed by atoms with Crippen LogP contribution >= 0.6 is 11.6 Å². The van der Waals surface area contributed by atoms with Crippen molar-refractivity contribution < 1.29 is 18.7 Å². The van der Waals surface area contributed by atoms with Gasteiger partial charge in [-0.3, -0.25) is 0 Å². The van der Waals surface area contributed by atoms with Crippen molar-refractivity contribution in [2.45, 2.75) is 51.7 Å². The van der Waals surface area contributed by atoms with Crippen LogP contribution in [0.15, 0.2) is 42.5 Å². The molecule has 4 nitrogen and oxygen atoms in total. The number of carbonyl (C=O) groups is 1. The van der Waals surface area contributed by atoms with E-state index in [4.69, 9.17) is 21.1 Å². The van der Waals surface area contributed by atoms with E-state index in [9.17, 15) is 9.18 Å². The van der Waals surface area contributed by atoms with Crippen LogP contribution in [0.2, 0.25) is 5.02 Å². The van der Waals surface area contributed by atoms with Gasteiger partial charge in [-0.1, -0.05) is 35.9 Å². The van der Waals surface area contributed by atoms with E-state index in [1.54, 1.807) is 17.0 Å². The molecule has 0 bridgehead atoms. The second-order valence-corrected chi connectivity index (χ2v) is 9.76. The third-order valence-electron chi connectivity index (χ3n) is 5.69. The summed E-state index contributed by atoms with van der Waals surface area (Å²) in [6, 6.07) is 10.7. The van der Waals surface area contributed by atoms with E-state index in [0.29, 0.717) is 30.1 Å². The predicted molar refractivity (Wildman–Crippen MR) is 120 cm³/mol. The summed E-state index contributed by atoms with van der Waals surface area (Å²) in [5.41, 5.74) is 2.51. The number of ether oxygens (including phenoxy) is 2. The lowest BCUT2D eigenvalue weighted by molar-refractivity contribution is 0.0270. The highest BCUT2D eigenvalue weighted by Gasteiger charge is 2.40. The molecule has 164 valence electrons. The zero-order chi connectivity index (χ0) is 22.4. The molecule has 2 aliphatic rings. The third-order valence-corrected chi connectivity index (χ3v) is 5.93. The minimum Gasteiger partial charge on any atom is -0.482 e. The molecule has 0 unspecified atom stereocenters. The lowest BCUT2D eigenvalue weighted by Gasteiger charge is -2.30. The monoisotopic (exact) mass is 443 g/mol. The number of hydrogen-bond acceptors (Lipinski definition) is 3. The van der Waals surface area contributed by atoms with Crippen molar-refractivity contribution in [3.63, 3.8) is 0 Å². The number of nitrogens with zero attached hydrogens (tertiary/aromatic N) is 1. The fourth-order valence-electron chi connectivity index (χ4n) is 4.24. The van der Waals surface area contributed by atoms with Gasteiger partial charge in [0.2, 0.25) is 0 Å². The topological polar surface area (TPSA) is 38.8 Å². The largest absolute Gasteiger partial charge is 0.482 e. The molecule has 0 radical (unpaired) electrons. The molecule has 1 amide bonds. The first-order chi connectivity index (χ1) is 14.6. The molecule has 0 N–H and O–H groups in total. The fraction of sp³-hybridized carbons (Fsp3) is 0.400. The van der Waals surface area contributed by atoms with Crippen molar-refractivity contribution in [1.29, 1.82) is 0 Å². The highest BCUT2D eigenvalue weighted by Crippen LogP contribution is 2.45. The van der Waals surface area contributed by atoms with Crippen LogP contribution < -0.4 is 4.74 Å². The summed E-state index contributed by atoms with van der Waals surface area (Å²) in [6.07, 6.45) is 3.06. The van der Waals surface area contributed by atoms with Gasteiger partial charge in [0.1, 0.15) is 22.8 Å². The number of benzene rings is 2. The van der Waals surface area contributed by atoms with Gasteiger partial charge in [-0.2, -0.15) is 0 Å². The molecular weight excluding hydrogens is 417 g/mol. The Hall–Kier alpha value is -2.53. The Morgan fingerprint density at radius 2 is 2.03 bits per heavy atom. The summed E-state index contributed by atoms with van der Waals surface area (Å²) in [6.45, 7) is 8.59. The Balaban J connectivity index is 1.57. The lowest BCUT2D eigenvalue weighted by atomic mass is 9.86. The Morgan fingerprint density at radius 1 is 1.26 bits per heavy atom.